The first-order valence-corrected chi connectivity index (χ1v) is 8.39. The van der Waals surface area contributed by atoms with Gasteiger partial charge in [-0.2, -0.15) is 0 Å². The summed E-state index contributed by atoms with van der Waals surface area (Å²) >= 11 is 0. The van der Waals surface area contributed by atoms with E-state index in [1.807, 2.05) is 33.8 Å². The van der Waals surface area contributed by atoms with E-state index in [1.165, 1.54) is 4.57 Å². The molecule has 1 saturated heterocycles. The maximum atomic E-state index is 13.2. The summed E-state index contributed by atoms with van der Waals surface area (Å²) in [5, 5.41) is 0. The van der Waals surface area contributed by atoms with Gasteiger partial charge in [0.25, 0.3) is 5.56 Å². The fraction of sp³-hybridized carbons (Fsp3) is 0.421. The Hall–Kier alpha value is -2.47. The molecule has 0 radical (unpaired) electrons. The number of hydrogen-bond donors (Lipinski definition) is 1. The molecule has 0 saturated carbocycles. The molecule has 1 unspecified atom stereocenters. The predicted octanol–water partition coefficient (Wildman–Crippen LogP) is 1.91. The van der Waals surface area contributed by atoms with E-state index in [1.54, 1.807) is 12.1 Å². The highest BCUT2D eigenvalue weighted by molar-refractivity contribution is 6.09. The first kappa shape index (κ1) is 17.4. The van der Waals surface area contributed by atoms with Crippen LogP contribution in [0.3, 0.4) is 0 Å². The van der Waals surface area contributed by atoms with Crippen LogP contribution in [0.2, 0.25) is 0 Å². The van der Waals surface area contributed by atoms with Crippen molar-refractivity contribution in [3.05, 3.63) is 67.0 Å². The van der Waals surface area contributed by atoms with Crippen LogP contribution in [0.15, 0.2) is 27.8 Å². The van der Waals surface area contributed by atoms with Gasteiger partial charge in [-0.1, -0.05) is 31.0 Å². The molecule has 1 aliphatic heterocycles. The van der Waals surface area contributed by atoms with Crippen molar-refractivity contribution in [2.45, 2.75) is 46.3 Å². The summed E-state index contributed by atoms with van der Waals surface area (Å²) in [7, 11) is 0. The number of carbonyl (C=O) groups excluding carboxylic acids is 1. The maximum absolute atomic E-state index is 13.2. The zero-order valence-corrected chi connectivity index (χ0v) is 14.9. The van der Waals surface area contributed by atoms with Gasteiger partial charge >= 0.3 is 5.69 Å². The van der Waals surface area contributed by atoms with Crippen molar-refractivity contribution in [1.29, 1.82) is 0 Å². The van der Waals surface area contributed by atoms with Gasteiger partial charge in [-0.3, -0.25) is 19.1 Å². The molecule has 0 bridgehead atoms. The van der Waals surface area contributed by atoms with E-state index in [-0.39, 0.29) is 30.0 Å². The van der Waals surface area contributed by atoms with Crippen LogP contribution in [0, 0.1) is 13.8 Å². The normalized spacial score (nSPS) is 16.3. The average molecular weight is 342 g/mol. The first-order valence-electron chi connectivity index (χ1n) is 8.39. The Morgan fingerprint density at radius 2 is 1.84 bits per heavy atom. The van der Waals surface area contributed by atoms with Crippen LogP contribution < -0.4 is 11.2 Å². The average Bonchev–Trinajstić information content (AvgIpc) is 3.31. The van der Waals surface area contributed by atoms with Crippen LogP contribution >= 0.6 is 0 Å². The highest BCUT2D eigenvalue weighted by atomic mass is 16.6. The summed E-state index contributed by atoms with van der Waals surface area (Å²) in [5.74, 6) is -0.500. The molecule has 0 spiro atoms. The minimum Gasteiger partial charge on any atom is -0.371 e. The molecule has 6 heteroatoms. The maximum Gasteiger partial charge on any atom is 0.329 e. The highest BCUT2D eigenvalue weighted by Gasteiger charge is 2.29. The summed E-state index contributed by atoms with van der Waals surface area (Å²) in [4.78, 5) is 40.3. The van der Waals surface area contributed by atoms with Crippen LogP contribution in [0.5, 0.6) is 0 Å². The number of rotatable bonds is 5. The molecule has 132 valence electrons. The zero-order chi connectivity index (χ0) is 18.3. The van der Waals surface area contributed by atoms with Crippen molar-refractivity contribution in [2.75, 3.05) is 6.61 Å². The molecule has 2 heterocycles. The lowest BCUT2D eigenvalue weighted by atomic mass is 9.95. The number of epoxide rings is 1. The van der Waals surface area contributed by atoms with Gasteiger partial charge in [0.2, 0.25) is 5.78 Å². The second kappa shape index (κ2) is 6.44. The molecule has 1 atom stereocenters. The van der Waals surface area contributed by atoms with Crippen molar-refractivity contribution in [1.82, 2.24) is 9.55 Å². The third-order valence-electron chi connectivity index (χ3n) is 4.30. The lowest BCUT2D eigenvalue weighted by molar-refractivity contribution is 0.102. The van der Waals surface area contributed by atoms with E-state index in [2.05, 4.69) is 4.98 Å². The third kappa shape index (κ3) is 3.49. The van der Waals surface area contributed by atoms with Crippen molar-refractivity contribution >= 4 is 5.78 Å². The number of ketones is 1. The number of nitrogens with one attached hydrogen (secondary N) is 1. The summed E-state index contributed by atoms with van der Waals surface area (Å²) in [5.41, 5.74) is 1.83. The molecule has 6 nitrogen and oxygen atoms in total. The SMILES string of the molecule is Cc1cc(C)cc(C(=O)c2c(C(C)C)c(=O)[nH]c(=O)n2CC2CO2)c1. The quantitative estimate of drug-likeness (QED) is 0.664. The van der Waals surface area contributed by atoms with Gasteiger partial charge in [0.15, 0.2) is 0 Å². The number of aryl methyl sites for hydroxylation is 2. The molecule has 1 aromatic heterocycles. The second-order valence-corrected chi connectivity index (χ2v) is 6.95. The van der Waals surface area contributed by atoms with Gasteiger partial charge in [-0.25, -0.2) is 4.79 Å². The highest BCUT2D eigenvalue weighted by Crippen LogP contribution is 2.21. The Balaban J connectivity index is 2.25. The lowest BCUT2D eigenvalue weighted by Gasteiger charge is -2.17. The number of nitrogens with zero attached hydrogens (tertiary/aromatic N) is 1. The molecule has 0 amide bonds. The molecular formula is C19H22N2O4. The molecule has 25 heavy (non-hydrogen) atoms. The molecule has 3 rings (SSSR count). The number of carbonyl (C=O) groups is 1. The van der Waals surface area contributed by atoms with E-state index < -0.39 is 11.2 Å². The summed E-state index contributed by atoms with van der Waals surface area (Å²) in [6, 6.07) is 5.54. The van der Waals surface area contributed by atoms with Crippen molar-refractivity contribution in [3.8, 4) is 0 Å². The molecule has 1 fully saturated rings. The zero-order valence-electron chi connectivity index (χ0n) is 14.9. The number of benzene rings is 1. The van der Waals surface area contributed by atoms with Gasteiger partial charge in [0.05, 0.1) is 19.3 Å². The van der Waals surface area contributed by atoms with Crippen LogP contribution in [0.25, 0.3) is 0 Å². The number of aromatic amines is 1. The minimum absolute atomic E-state index is 0.0885. The number of ether oxygens (including phenoxy) is 1. The molecule has 1 aliphatic rings. The van der Waals surface area contributed by atoms with Crippen LogP contribution in [-0.4, -0.2) is 28.0 Å². The second-order valence-electron chi connectivity index (χ2n) is 6.95. The van der Waals surface area contributed by atoms with Gasteiger partial charge < -0.3 is 4.74 Å². The van der Waals surface area contributed by atoms with Crippen molar-refractivity contribution < 1.29 is 9.53 Å². The molecular weight excluding hydrogens is 320 g/mol. The topological polar surface area (TPSA) is 84.5 Å². The summed E-state index contributed by atoms with van der Waals surface area (Å²) in [6.07, 6.45) is -0.0885. The third-order valence-corrected chi connectivity index (χ3v) is 4.30. The number of H-pyrrole nitrogens is 1. The number of hydrogen-bond acceptors (Lipinski definition) is 4. The summed E-state index contributed by atoms with van der Waals surface area (Å²) < 4.78 is 6.57. The molecule has 1 N–H and O–H groups in total. The Kier molecular flexibility index (Phi) is 4.47. The monoisotopic (exact) mass is 342 g/mol. The van der Waals surface area contributed by atoms with Gasteiger partial charge in [-0.15, -0.1) is 0 Å². The van der Waals surface area contributed by atoms with Crippen LogP contribution in [0.1, 0.15) is 52.5 Å². The fourth-order valence-corrected chi connectivity index (χ4v) is 3.16. The van der Waals surface area contributed by atoms with Gasteiger partial charge in [-0.05, 0) is 31.9 Å². The van der Waals surface area contributed by atoms with Crippen molar-refractivity contribution in [2.24, 2.45) is 0 Å². The van der Waals surface area contributed by atoms with Crippen LogP contribution in [0.4, 0.5) is 0 Å². The van der Waals surface area contributed by atoms with Gasteiger partial charge in [0.1, 0.15) is 5.69 Å². The molecule has 1 aromatic carbocycles. The molecule has 0 aliphatic carbocycles. The lowest BCUT2D eigenvalue weighted by Crippen LogP contribution is -2.38. The van der Waals surface area contributed by atoms with E-state index >= 15 is 0 Å². The number of aromatic nitrogens is 2. The van der Waals surface area contributed by atoms with Crippen molar-refractivity contribution in [3.63, 3.8) is 0 Å². The smallest absolute Gasteiger partial charge is 0.329 e. The Morgan fingerprint density at radius 3 is 2.36 bits per heavy atom. The standard InChI is InChI=1S/C19H22N2O4/c1-10(2)15-16(17(22)13-6-11(3)5-12(4)7-13)21(8-14-9-25-14)19(24)20-18(15)23/h5-7,10,14H,8-9H2,1-4H3,(H,20,23,24). The summed E-state index contributed by atoms with van der Waals surface area (Å²) in [6.45, 7) is 8.32. The van der Waals surface area contributed by atoms with E-state index in [0.29, 0.717) is 17.7 Å². The largest absolute Gasteiger partial charge is 0.371 e. The predicted molar refractivity (Wildman–Crippen MR) is 94.5 cm³/mol. The fourth-order valence-electron chi connectivity index (χ4n) is 3.16. The van der Waals surface area contributed by atoms with Gasteiger partial charge in [0, 0.05) is 11.1 Å². The van der Waals surface area contributed by atoms with E-state index in [9.17, 15) is 14.4 Å². The Morgan fingerprint density at radius 1 is 1.24 bits per heavy atom. The van der Waals surface area contributed by atoms with Crippen LogP contribution in [-0.2, 0) is 11.3 Å². The molecule has 2 aromatic rings. The Bertz CT molecular complexity index is 929. The van der Waals surface area contributed by atoms with E-state index in [4.69, 9.17) is 4.74 Å². The Labute approximate surface area is 145 Å². The van der Waals surface area contributed by atoms with E-state index in [0.717, 1.165) is 11.1 Å². The first-order chi connectivity index (χ1) is 11.8. The minimum atomic E-state index is -0.572.